The second-order valence-corrected chi connectivity index (χ2v) is 10.9. The highest BCUT2D eigenvalue weighted by molar-refractivity contribution is 8.47. The van der Waals surface area contributed by atoms with Crippen LogP contribution in [0, 0.1) is 28.6 Å². The first-order chi connectivity index (χ1) is 11.0. The molecule has 6 heteroatoms. The van der Waals surface area contributed by atoms with Crippen molar-refractivity contribution in [1.29, 1.82) is 5.26 Å². The molecule has 0 aromatic carbocycles. The zero-order valence-corrected chi connectivity index (χ0v) is 18.4. The van der Waals surface area contributed by atoms with Gasteiger partial charge in [0.15, 0.2) is 0 Å². The van der Waals surface area contributed by atoms with E-state index < -0.39 is 5.41 Å². The van der Waals surface area contributed by atoms with Gasteiger partial charge >= 0.3 is 5.97 Å². The average molecular weight is 390 g/mol. The van der Waals surface area contributed by atoms with Gasteiger partial charge < -0.3 is 4.74 Å². The van der Waals surface area contributed by atoms with Crippen LogP contribution in [0.15, 0.2) is 0 Å². The SMILES string of the molecule is CCCCOC(=O)C(CC(C)C(C)(C)C#N)C(C)(C)SC(=S)SC. The number of nitriles is 1. The Morgan fingerprint density at radius 1 is 1.33 bits per heavy atom. The van der Waals surface area contributed by atoms with E-state index >= 15 is 0 Å². The molecule has 0 aromatic rings. The molecule has 0 aliphatic rings. The van der Waals surface area contributed by atoms with Crippen molar-refractivity contribution in [2.24, 2.45) is 17.3 Å². The van der Waals surface area contributed by atoms with Crippen molar-refractivity contribution in [3.05, 3.63) is 0 Å². The summed E-state index contributed by atoms with van der Waals surface area (Å²) < 4.78 is 5.95. The van der Waals surface area contributed by atoms with E-state index in [2.05, 4.69) is 13.0 Å². The Kier molecular flexibility index (Phi) is 10.6. The predicted molar refractivity (Wildman–Crippen MR) is 110 cm³/mol. The second-order valence-electron chi connectivity index (χ2n) is 7.20. The number of nitrogens with zero attached hydrogens (tertiary/aromatic N) is 1. The lowest BCUT2D eigenvalue weighted by molar-refractivity contribution is -0.150. The van der Waals surface area contributed by atoms with E-state index in [9.17, 15) is 10.1 Å². The van der Waals surface area contributed by atoms with Gasteiger partial charge in [-0.05, 0) is 52.7 Å². The molecule has 0 fully saturated rings. The number of hydrogen-bond donors (Lipinski definition) is 0. The molecule has 138 valence electrons. The van der Waals surface area contributed by atoms with Crippen LogP contribution in [-0.4, -0.2) is 27.1 Å². The Morgan fingerprint density at radius 3 is 2.38 bits per heavy atom. The highest BCUT2D eigenvalue weighted by Crippen LogP contribution is 2.42. The molecule has 2 atom stereocenters. The van der Waals surface area contributed by atoms with Gasteiger partial charge in [0.25, 0.3) is 0 Å². The summed E-state index contributed by atoms with van der Waals surface area (Å²) in [5.41, 5.74) is -0.483. The van der Waals surface area contributed by atoms with Crippen LogP contribution in [0.3, 0.4) is 0 Å². The first kappa shape index (κ1) is 23.8. The standard InChI is InChI=1S/C18H31NO2S3/c1-8-9-10-21-15(20)14(11-13(2)17(3,4)12-19)18(5,6)24-16(22)23-7/h13-14H,8-11H2,1-7H3. The van der Waals surface area contributed by atoms with E-state index in [-0.39, 0.29) is 22.6 Å². The number of carbonyl (C=O) groups excluding carboxylic acids is 1. The van der Waals surface area contributed by atoms with Crippen LogP contribution in [0.25, 0.3) is 0 Å². The van der Waals surface area contributed by atoms with E-state index in [4.69, 9.17) is 17.0 Å². The minimum atomic E-state index is -0.483. The lowest BCUT2D eigenvalue weighted by Crippen LogP contribution is -2.39. The zero-order valence-electron chi connectivity index (χ0n) is 16.0. The Hall–Kier alpha value is -0.250. The summed E-state index contributed by atoms with van der Waals surface area (Å²) in [6.07, 6.45) is 4.42. The van der Waals surface area contributed by atoms with Crippen molar-refractivity contribution >= 4 is 45.2 Å². The van der Waals surface area contributed by atoms with Crippen LogP contribution >= 0.6 is 35.7 Å². The van der Waals surface area contributed by atoms with Crippen LogP contribution in [0.1, 0.15) is 60.8 Å². The monoisotopic (exact) mass is 389 g/mol. The fourth-order valence-corrected chi connectivity index (χ4v) is 4.55. The van der Waals surface area contributed by atoms with E-state index in [1.54, 1.807) is 11.8 Å². The largest absolute Gasteiger partial charge is 0.465 e. The number of thioether (sulfide) groups is 2. The van der Waals surface area contributed by atoms with Gasteiger partial charge in [-0.1, -0.05) is 32.5 Å². The minimum Gasteiger partial charge on any atom is -0.465 e. The summed E-state index contributed by atoms with van der Waals surface area (Å²) in [6, 6.07) is 2.35. The van der Waals surface area contributed by atoms with Crippen molar-refractivity contribution < 1.29 is 9.53 Å². The van der Waals surface area contributed by atoms with Gasteiger partial charge in [-0.15, -0.1) is 23.5 Å². The lowest BCUT2D eigenvalue weighted by Gasteiger charge is -2.36. The summed E-state index contributed by atoms with van der Waals surface area (Å²) in [4.78, 5) is 12.7. The fraction of sp³-hybridized carbons (Fsp3) is 0.833. The smallest absolute Gasteiger partial charge is 0.310 e. The third-order valence-corrected chi connectivity index (χ3v) is 7.30. The van der Waals surface area contributed by atoms with Gasteiger partial charge in [-0.2, -0.15) is 5.26 Å². The van der Waals surface area contributed by atoms with Crippen LogP contribution in [0.4, 0.5) is 0 Å². The highest BCUT2D eigenvalue weighted by Gasteiger charge is 2.41. The summed E-state index contributed by atoms with van der Waals surface area (Å²) in [6.45, 7) is 12.5. The molecule has 0 aliphatic carbocycles. The first-order valence-electron chi connectivity index (χ1n) is 8.36. The molecule has 0 aromatic heterocycles. The molecule has 0 spiro atoms. The Morgan fingerprint density at radius 2 is 1.92 bits per heavy atom. The molecule has 0 N–H and O–H groups in total. The summed E-state index contributed by atoms with van der Waals surface area (Å²) in [5.74, 6) is -0.397. The molecule has 0 saturated carbocycles. The molecule has 3 nitrogen and oxygen atoms in total. The summed E-state index contributed by atoms with van der Waals surface area (Å²) in [7, 11) is 0. The first-order valence-corrected chi connectivity index (χ1v) is 10.8. The highest BCUT2D eigenvalue weighted by atomic mass is 32.2. The van der Waals surface area contributed by atoms with Gasteiger partial charge in [-0.3, -0.25) is 4.79 Å². The number of ether oxygens (including phenoxy) is 1. The molecule has 24 heavy (non-hydrogen) atoms. The molecular formula is C18H31NO2S3. The second kappa shape index (κ2) is 10.7. The number of esters is 1. The van der Waals surface area contributed by atoms with Crippen LogP contribution in [-0.2, 0) is 9.53 Å². The number of thiocarbonyl (C=S) groups is 1. The molecule has 0 saturated heterocycles. The van der Waals surface area contributed by atoms with Crippen molar-refractivity contribution in [2.75, 3.05) is 12.9 Å². The zero-order chi connectivity index (χ0) is 19.0. The van der Waals surface area contributed by atoms with Gasteiger partial charge in [0.05, 0.1) is 24.0 Å². The maximum atomic E-state index is 12.7. The topological polar surface area (TPSA) is 50.1 Å². The molecule has 0 heterocycles. The molecule has 0 radical (unpaired) electrons. The van der Waals surface area contributed by atoms with Gasteiger partial charge in [0.1, 0.15) is 3.53 Å². The van der Waals surface area contributed by atoms with Gasteiger partial charge in [0.2, 0.25) is 0 Å². The Bertz CT molecular complexity index is 469. The number of rotatable bonds is 9. The molecule has 0 amide bonds. The van der Waals surface area contributed by atoms with Crippen molar-refractivity contribution in [2.45, 2.75) is 65.6 Å². The maximum Gasteiger partial charge on any atom is 0.310 e. The summed E-state index contributed by atoms with van der Waals surface area (Å²) in [5, 5.41) is 9.38. The van der Waals surface area contributed by atoms with Gasteiger partial charge in [-0.25, -0.2) is 0 Å². The van der Waals surface area contributed by atoms with Crippen molar-refractivity contribution in [1.82, 2.24) is 0 Å². The Labute approximate surface area is 161 Å². The molecule has 0 rings (SSSR count). The van der Waals surface area contributed by atoms with Crippen LogP contribution in [0.2, 0.25) is 0 Å². The van der Waals surface area contributed by atoms with Crippen LogP contribution < -0.4 is 0 Å². The number of hydrogen-bond acceptors (Lipinski definition) is 6. The third kappa shape index (κ3) is 7.76. The van der Waals surface area contributed by atoms with Crippen LogP contribution in [0.5, 0.6) is 0 Å². The van der Waals surface area contributed by atoms with Crippen molar-refractivity contribution in [3.63, 3.8) is 0 Å². The van der Waals surface area contributed by atoms with E-state index in [0.717, 1.165) is 16.4 Å². The normalized spacial score (nSPS) is 14.6. The van der Waals surface area contributed by atoms with Gasteiger partial charge in [0, 0.05) is 4.75 Å². The predicted octanol–water partition coefficient (Wildman–Crippen LogP) is 5.68. The van der Waals surface area contributed by atoms with E-state index in [1.807, 2.05) is 40.9 Å². The molecular weight excluding hydrogens is 358 g/mol. The molecule has 0 aliphatic heterocycles. The average Bonchev–Trinajstić information content (AvgIpc) is 2.51. The lowest BCUT2D eigenvalue weighted by atomic mass is 9.74. The summed E-state index contributed by atoms with van der Waals surface area (Å²) >= 11 is 8.42. The third-order valence-electron chi connectivity index (χ3n) is 4.49. The number of unbranched alkanes of at least 4 members (excludes halogenated alkanes) is 1. The van der Waals surface area contributed by atoms with Crippen molar-refractivity contribution in [3.8, 4) is 6.07 Å². The molecule has 2 unspecified atom stereocenters. The maximum absolute atomic E-state index is 12.7. The minimum absolute atomic E-state index is 0.0777. The molecule has 0 bridgehead atoms. The Balaban J connectivity index is 5.32. The fourth-order valence-electron chi connectivity index (χ4n) is 2.17. The quantitative estimate of drug-likeness (QED) is 0.287. The van der Waals surface area contributed by atoms with E-state index in [1.165, 1.54) is 11.8 Å². The van der Waals surface area contributed by atoms with E-state index in [0.29, 0.717) is 13.0 Å². The number of carbonyl (C=O) groups is 1.